The molecule has 2 unspecified atom stereocenters. The lowest BCUT2D eigenvalue weighted by molar-refractivity contribution is 0.657. The highest BCUT2D eigenvalue weighted by Crippen LogP contribution is 2.28. The maximum Gasteiger partial charge on any atom is 0.0713 e. The Bertz CT molecular complexity index is 352. The second kappa shape index (κ2) is 7.09. The van der Waals surface area contributed by atoms with E-state index < -0.39 is 0 Å². The van der Waals surface area contributed by atoms with Gasteiger partial charge in [-0.2, -0.15) is 5.26 Å². The van der Waals surface area contributed by atoms with Crippen molar-refractivity contribution in [3.63, 3.8) is 0 Å². The van der Waals surface area contributed by atoms with Gasteiger partial charge in [-0.25, -0.2) is 0 Å². The van der Waals surface area contributed by atoms with Crippen molar-refractivity contribution >= 4 is 0 Å². The number of hydrogen-bond donors (Lipinski definition) is 1. The maximum atomic E-state index is 9.24. The van der Waals surface area contributed by atoms with Crippen molar-refractivity contribution in [2.24, 2.45) is 5.92 Å². The van der Waals surface area contributed by atoms with Gasteiger partial charge in [-0.3, -0.25) is 0 Å². The minimum Gasteiger partial charge on any atom is -0.310 e. The molecule has 92 valence electrons. The lowest BCUT2D eigenvalue weighted by Gasteiger charge is -2.21. The Morgan fingerprint density at radius 1 is 1.65 bits per heavy atom. The molecule has 1 N–H and O–H groups in total. The van der Waals surface area contributed by atoms with Gasteiger partial charge in [-0.1, -0.05) is 31.7 Å². The predicted molar refractivity (Wildman–Crippen MR) is 72.5 cm³/mol. The number of nitrogens with one attached hydrogen (secondary N) is 1. The normalized spacial score (nSPS) is 23.2. The summed E-state index contributed by atoms with van der Waals surface area (Å²) in [6.45, 7) is 8.95. The van der Waals surface area contributed by atoms with E-state index in [-0.39, 0.29) is 5.92 Å². The molecule has 1 heterocycles. The molecule has 0 aromatic carbocycles. The summed E-state index contributed by atoms with van der Waals surface area (Å²) in [5, 5.41) is 12.7. The summed E-state index contributed by atoms with van der Waals surface area (Å²) in [5.41, 5.74) is 2.41. The van der Waals surface area contributed by atoms with Gasteiger partial charge in [0, 0.05) is 6.04 Å². The zero-order chi connectivity index (χ0) is 12.7. The fraction of sp³-hybridized carbons (Fsp3) is 0.533. The van der Waals surface area contributed by atoms with Crippen molar-refractivity contribution < 1.29 is 0 Å². The molecule has 1 aliphatic heterocycles. The van der Waals surface area contributed by atoms with E-state index in [2.05, 4.69) is 37.9 Å². The molecular formula is C15H22N2. The van der Waals surface area contributed by atoms with E-state index in [1.807, 2.05) is 6.08 Å². The molecule has 0 radical (unpaired) electrons. The van der Waals surface area contributed by atoms with Crippen molar-refractivity contribution in [1.82, 2.24) is 5.32 Å². The van der Waals surface area contributed by atoms with E-state index in [9.17, 15) is 5.26 Å². The molecule has 2 nitrogen and oxygen atoms in total. The molecule has 0 bridgehead atoms. The fourth-order valence-corrected chi connectivity index (χ4v) is 2.44. The zero-order valence-corrected chi connectivity index (χ0v) is 10.9. The lowest BCUT2D eigenvalue weighted by Crippen LogP contribution is -2.26. The van der Waals surface area contributed by atoms with Crippen LogP contribution in [0.2, 0.25) is 0 Å². The molecule has 2 atom stereocenters. The smallest absolute Gasteiger partial charge is 0.0713 e. The minimum absolute atomic E-state index is 0.0263. The Labute approximate surface area is 105 Å². The first-order valence-corrected chi connectivity index (χ1v) is 6.40. The Morgan fingerprint density at radius 3 is 2.82 bits per heavy atom. The zero-order valence-electron chi connectivity index (χ0n) is 10.9. The summed E-state index contributed by atoms with van der Waals surface area (Å²) in [6, 6.07) is 2.80. The molecule has 1 aliphatic rings. The Kier molecular flexibility index (Phi) is 5.72. The van der Waals surface area contributed by atoms with E-state index in [0.29, 0.717) is 6.04 Å². The van der Waals surface area contributed by atoms with Crippen molar-refractivity contribution in [1.29, 1.82) is 5.26 Å². The average molecular weight is 230 g/mol. The Hall–Kier alpha value is -1.33. The highest BCUT2D eigenvalue weighted by molar-refractivity contribution is 5.41. The number of nitriles is 1. The molecule has 1 fully saturated rings. The molecule has 0 aromatic rings. The van der Waals surface area contributed by atoms with Gasteiger partial charge in [0.05, 0.1) is 12.0 Å². The molecule has 2 heteroatoms. The van der Waals surface area contributed by atoms with Gasteiger partial charge in [-0.15, -0.1) is 0 Å². The first kappa shape index (κ1) is 13.7. The van der Waals surface area contributed by atoms with E-state index in [4.69, 9.17) is 0 Å². The van der Waals surface area contributed by atoms with Crippen LogP contribution in [0.1, 0.15) is 33.1 Å². The van der Waals surface area contributed by atoms with Crippen molar-refractivity contribution in [2.45, 2.75) is 39.2 Å². The van der Waals surface area contributed by atoms with Crippen LogP contribution in [0.3, 0.4) is 0 Å². The molecule has 0 aliphatic carbocycles. The van der Waals surface area contributed by atoms with E-state index >= 15 is 0 Å². The highest BCUT2D eigenvalue weighted by atomic mass is 14.9. The molecule has 0 aromatic heterocycles. The monoisotopic (exact) mass is 230 g/mol. The standard InChI is InChI=1S/C15H22N2/c1-4-8-14(12(5-2)11-16)13(6-3)15-9-7-10-17-15/h4,6,8,12,15,17H,1,5,7,9-10H2,2-3H3/b13-6+,14-8-. The van der Waals surface area contributed by atoms with Crippen LogP contribution in [0.25, 0.3) is 0 Å². The SMILES string of the molecule is C=C/C=C(\C(=C/C)C1CCCN1)C(C#N)CC. The third-order valence-electron chi connectivity index (χ3n) is 3.32. The van der Waals surface area contributed by atoms with Crippen LogP contribution in [0.5, 0.6) is 0 Å². The molecule has 0 saturated carbocycles. The van der Waals surface area contributed by atoms with Crippen LogP contribution < -0.4 is 5.32 Å². The van der Waals surface area contributed by atoms with Gasteiger partial charge >= 0.3 is 0 Å². The van der Waals surface area contributed by atoms with E-state index in [1.165, 1.54) is 12.0 Å². The van der Waals surface area contributed by atoms with Crippen molar-refractivity contribution in [2.75, 3.05) is 6.54 Å². The van der Waals surface area contributed by atoms with Crippen molar-refractivity contribution in [3.05, 3.63) is 36.0 Å². The summed E-state index contributed by atoms with van der Waals surface area (Å²) in [7, 11) is 0. The second-order valence-electron chi connectivity index (χ2n) is 4.34. The van der Waals surface area contributed by atoms with Crippen LogP contribution in [0.4, 0.5) is 0 Å². The quantitative estimate of drug-likeness (QED) is 0.735. The van der Waals surface area contributed by atoms with Gasteiger partial charge in [0.25, 0.3) is 0 Å². The number of rotatable bonds is 5. The number of nitrogens with zero attached hydrogens (tertiary/aromatic N) is 1. The summed E-state index contributed by atoms with van der Waals surface area (Å²) < 4.78 is 0. The predicted octanol–water partition coefficient (Wildman–Crippen LogP) is 3.35. The number of allylic oxidation sites excluding steroid dienone is 3. The largest absolute Gasteiger partial charge is 0.310 e. The highest BCUT2D eigenvalue weighted by Gasteiger charge is 2.24. The van der Waals surface area contributed by atoms with E-state index in [1.54, 1.807) is 6.08 Å². The molecule has 1 saturated heterocycles. The molecule has 17 heavy (non-hydrogen) atoms. The Balaban J connectivity index is 3.00. The van der Waals surface area contributed by atoms with Crippen LogP contribution in [-0.4, -0.2) is 12.6 Å². The van der Waals surface area contributed by atoms with Crippen LogP contribution >= 0.6 is 0 Å². The Morgan fingerprint density at radius 2 is 2.41 bits per heavy atom. The lowest BCUT2D eigenvalue weighted by atomic mass is 9.86. The van der Waals surface area contributed by atoms with Gasteiger partial charge in [-0.05, 0) is 43.9 Å². The average Bonchev–Trinajstić information content (AvgIpc) is 2.85. The number of hydrogen-bond acceptors (Lipinski definition) is 2. The summed E-state index contributed by atoms with van der Waals surface area (Å²) >= 11 is 0. The topological polar surface area (TPSA) is 35.8 Å². The van der Waals surface area contributed by atoms with Gasteiger partial charge < -0.3 is 5.32 Å². The first-order chi connectivity index (χ1) is 8.28. The third-order valence-corrected chi connectivity index (χ3v) is 3.32. The molecule has 0 spiro atoms. The summed E-state index contributed by atoms with van der Waals surface area (Å²) in [4.78, 5) is 0. The summed E-state index contributed by atoms with van der Waals surface area (Å²) in [5.74, 6) is -0.0263. The van der Waals surface area contributed by atoms with Crippen LogP contribution in [-0.2, 0) is 0 Å². The van der Waals surface area contributed by atoms with Gasteiger partial charge in [0.1, 0.15) is 0 Å². The minimum atomic E-state index is -0.0263. The molecule has 0 amide bonds. The molecular weight excluding hydrogens is 208 g/mol. The summed E-state index contributed by atoms with van der Waals surface area (Å²) in [6.07, 6.45) is 9.14. The van der Waals surface area contributed by atoms with Crippen molar-refractivity contribution in [3.8, 4) is 6.07 Å². The first-order valence-electron chi connectivity index (χ1n) is 6.40. The fourth-order valence-electron chi connectivity index (χ4n) is 2.44. The third kappa shape index (κ3) is 3.31. The van der Waals surface area contributed by atoms with Gasteiger partial charge in [0.15, 0.2) is 0 Å². The van der Waals surface area contributed by atoms with Crippen LogP contribution in [0.15, 0.2) is 36.0 Å². The maximum absolute atomic E-state index is 9.24. The molecule has 1 rings (SSSR count). The second-order valence-corrected chi connectivity index (χ2v) is 4.34. The van der Waals surface area contributed by atoms with Crippen LogP contribution in [0, 0.1) is 17.2 Å². The van der Waals surface area contributed by atoms with Gasteiger partial charge in [0.2, 0.25) is 0 Å². The van der Waals surface area contributed by atoms with E-state index in [0.717, 1.165) is 25.0 Å².